The Labute approximate surface area is 141 Å². The smallest absolute Gasteiger partial charge is 0.245 e. The van der Waals surface area contributed by atoms with Gasteiger partial charge in [-0.05, 0) is 25.8 Å². The van der Waals surface area contributed by atoms with Crippen LogP contribution in [0.25, 0.3) is 0 Å². The van der Waals surface area contributed by atoms with Gasteiger partial charge in [0.15, 0.2) is 0 Å². The van der Waals surface area contributed by atoms with Gasteiger partial charge in [-0.2, -0.15) is 0 Å². The molecule has 0 spiro atoms. The number of benzene rings is 1. The largest absolute Gasteiger partial charge is 0.344 e. The maximum Gasteiger partial charge on any atom is 0.245 e. The predicted molar refractivity (Wildman–Crippen MR) is 87.0 cm³/mol. The first-order valence-corrected chi connectivity index (χ1v) is 8.15. The van der Waals surface area contributed by atoms with Gasteiger partial charge in [-0.25, -0.2) is 8.78 Å². The zero-order valence-corrected chi connectivity index (χ0v) is 14.5. The van der Waals surface area contributed by atoms with E-state index in [-0.39, 0.29) is 30.0 Å². The minimum Gasteiger partial charge on any atom is -0.344 e. The van der Waals surface area contributed by atoms with Crippen molar-refractivity contribution < 1.29 is 18.4 Å². The van der Waals surface area contributed by atoms with E-state index in [4.69, 9.17) is 0 Å². The lowest BCUT2D eigenvalue weighted by atomic mass is 9.95. The fraction of sp³-hybridized carbons (Fsp3) is 0.556. The van der Waals surface area contributed by atoms with Crippen LogP contribution >= 0.6 is 0 Å². The van der Waals surface area contributed by atoms with Gasteiger partial charge in [0.1, 0.15) is 17.7 Å². The summed E-state index contributed by atoms with van der Waals surface area (Å²) in [6.45, 7) is 7.01. The second-order valence-electron chi connectivity index (χ2n) is 7.38. The SMILES string of the molecule is CC(NC(=O)C(C)(C)C)C(=O)N(Cc1ccc(F)cc1F)C1CC1. The van der Waals surface area contributed by atoms with Gasteiger partial charge in [0, 0.05) is 29.6 Å². The van der Waals surface area contributed by atoms with Crippen molar-refractivity contribution in [1.82, 2.24) is 10.2 Å². The molecule has 1 saturated carbocycles. The number of hydrogen-bond donors (Lipinski definition) is 1. The normalized spacial score (nSPS) is 15.8. The van der Waals surface area contributed by atoms with Crippen LogP contribution in [0.15, 0.2) is 18.2 Å². The first-order chi connectivity index (χ1) is 11.1. The quantitative estimate of drug-likeness (QED) is 0.897. The minimum atomic E-state index is -0.694. The Morgan fingerprint density at radius 1 is 1.29 bits per heavy atom. The number of hydrogen-bond acceptors (Lipinski definition) is 2. The van der Waals surface area contributed by atoms with Gasteiger partial charge in [0.25, 0.3) is 0 Å². The van der Waals surface area contributed by atoms with E-state index in [9.17, 15) is 18.4 Å². The van der Waals surface area contributed by atoms with Gasteiger partial charge >= 0.3 is 0 Å². The maximum atomic E-state index is 13.9. The number of carbonyl (C=O) groups is 2. The summed E-state index contributed by atoms with van der Waals surface area (Å²) in [6.07, 6.45) is 1.71. The maximum absolute atomic E-state index is 13.9. The van der Waals surface area contributed by atoms with Crippen molar-refractivity contribution in [3.63, 3.8) is 0 Å². The molecule has 0 aromatic heterocycles. The number of carbonyl (C=O) groups excluding carboxylic acids is 2. The van der Waals surface area contributed by atoms with E-state index in [0.717, 1.165) is 18.9 Å². The van der Waals surface area contributed by atoms with E-state index >= 15 is 0 Å². The molecule has 1 fully saturated rings. The van der Waals surface area contributed by atoms with Crippen LogP contribution in [-0.4, -0.2) is 28.8 Å². The van der Waals surface area contributed by atoms with Gasteiger partial charge in [-0.1, -0.05) is 26.8 Å². The highest BCUT2D eigenvalue weighted by atomic mass is 19.1. The average molecular weight is 338 g/mol. The minimum absolute atomic E-state index is 0.0518. The molecule has 0 heterocycles. The highest BCUT2D eigenvalue weighted by Crippen LogP contribution is 2.29. The van der Waals surface area contributed by atoms with Crippen LogP contribution in [0.3, 0.4) is 0 Å². The molecule has 2 rings (SSSR count). The standard InChI is InChI=1S/C18H24F2N2O2/c1-11(21-17(24)18(2,3)4)16(23)22(14-7-8-14)10-12-5-6-13(19)9-15(12)20/h5-6,9,11,14H,7-8,10H2,1-4H3,(H,21,24). The molecule has 1 aliphatic carbocycles. The Kier molecular flexibility index (Phi) is 5.26. The second-order valence-corrected chi connectivity index (χ2v) is 7.38. The molecule has 132 valence electrons. The van der Waals surface area contributed by atoms with Crippen molar-refractivity contribution in [3.05, 3.63) is 35.4 Å². The summed E-state index contributed by atoms with van der Waals surface area (Å²) in [5.74, 6) is -1.78. The molecule has 6 heteroatoms. The van der Waals surface area contributed by atoms with Crippen LogP contribution in [0.4, 0.5) is 8.78 Å². The summed E-state index contributed by atoms with van der Waals surface area (Å²) in [5, 5.41) is 2.71. The zero-order chi connectivity index (χ0) is 18.1. The van der Waals surface area contributed by atoms with E-state index in [2.05, 4.69) is 5.32 Å². The van der Waals surface area contributed by atoms with Crippen molar-refractivity contribution in [3.8, 4) is 0 Å². The van der Waals surface area contributed by atoms with Crippen LogP contribution in [0.5, 0.6) is 0 Å². The molecule has 2 amide bonds. The van der Waals surface area contributed by atoms with Crippen LogP contribution in [0, 0.1) is 17.0 Å². The number of rotatable bonds is 5. The van der Waals surface area contributed by atoms with E-state index in [1.165, 1.54) is 12.1 Å². The monoisotopic (exact) mass is 338 g/mol. The van der Waals surface area contributed by atoms with Crippen molar-refractivity contribution in [1.29, 1.82) is 0 Å². The van der Waals surface area contributed by atoms with E-state index in [1.54, 1.807) is 32.6 Å². The van der Waals surface area contributed by atoms with Gasteiger partial charge < -0.3 is 10.2 Å². The molecule has 1 atom stereocenters. The molecule has 0 saturated heterocycles. The Hall–Kier alpha value is -1.98. The molecular weight excluding hydrogens is 314 g/mol. The molecule has 4 nitrogen and oxygen atoms in total. The topological polar surface area (TPSA) is 49.4 Å². The third kappa shape index (κ3) is 4.52. The fourth-order valence-corrected chi connectivity index (χ4v) is 2.33. The number of halogens is 2. The Bertz CT molecular complexity index is 636. The first kappa shape index (κ1) is 18.4. The van der Waals surface area contributed by atoms with E-state index in [1.807, 2.05) is 0 Å². The summed E-state index contributed by atoms with van der Waals surface area (Å²) in [7, 11) is 0. The summed E-state index contributed by atoms with van der Waals surface area (Å²) in [4.78, 5) is 26.3. The van der Waals surface area contributed by atoms with Crippen molar-refractivity contribution in [2.75, 3.05) is 0 Å². The lowest BCUT2D eigenvalue weighted by Gasteiger charge is -2.28. The lowest BCUT2D eigenvalue weighted by molar-refractivity contribution is -0.139. The summed E-state index contributed by atoms with van der Waals surface area (Å²) >= 11 is 0. The van der Waals surface area contributed by atoms with Crippen LogP contribution in [-0.2, 0) is 16.1 Å². The highest BCUT2D eigenvalue weighted by Gasteiger charge is 2.36. The van der Waals surface area contributed by atoms with Gasteiger partial charge in [-0.15, -0.1) is 0 Å². The molecular formula is C18H24F2N2O2. The van der Waals surface area contributed by atoms with Crippen molar-refractivity contribution in [2.45, 2.75) is 59.2 Å². The average Bonchev–Trinajstić information content (AvgIpc) is 3.29. The molecule has 1 aromatic carbocycles. The third-order valence-corrected chi connectivity index (χ3v) is 4.03. The number of amides is 2. The number of nitrogens with one attached hydrogen (secondary N) is 1. The zero-order valence-electron chi connectivity index (χ0n) is 14.5. The number of nitrogens with zero attached hydrogens (tertiary/aromatic N) is 1. The predicted octanol–water partition coefficient (Wildman–Crippen LogP) is 3.01. The Morgan fingerprint density at radius 3 is 2.42 bits per heavy atom. The second kappa shape index (κ2) is 6.87. The molecule has 1 unspecified atom stereocenters. The summed E-state index contributed by atoms with van der Waals surface area (Å²) in [6, 6.07) is 2.71. The Morgan fingerprint density at radius 2 is 1.92 bits per heavy atom. The van der Waals surface area contributed by atoms with Gasteiger partial charge in [-0.3, -0.25) is 9.59 Å². The Balaban J connectivity index is 2.09. The van der Waals surface area contributed by atoms with E-state index in [0.29, 0.717) is 0 Å². The third-order valence-electron chi connectivity index (χ3n) is 4.03. The highest BCUT2D eigenvalue weighted by molar-refractivity contribution is 5.89. The van der Waals surface area contributed by atoms with Gasteiger partial charge in [0.05, 0.1) is 0 Å². The summed E-state index contributed by atoms with van der Waals surface area (Å²) in [5.41, 5.74) is -0.326. The van der Waals surface area contributed by atoms with Crippen LogP contribution in [0.2, 0.25) is 0 Å². The molecule has 1 N–H and O–H groups in total. The molecule has 24 heavy (non-hydrogen) atoms. The van der Waals surface area contributed by atoms with Crippen molar-refractivity contribution in [2.24, 2.45) is 5.41 Å². The fourth-order valence-electron chi connectivity index (χ4n) is 2.33. The molecule has 0 aliphatic heterocycles. The summed E-state index contributed by atoms with van der Waals surface area (Å²) < 4.78 is 26.9. The van der Waals surface area contributed by atoms with Crippen LogP contribution in [0.1, 0.15) is 46.1 Å². The molecule has 1 aliphatic rings. The van der Waals surface area contributed by atoms with Gasteiger partial charge in [0.2, 0.25) is 11.8 Å². The molecule has 0 radical (unpaired) electrons. The molecule has 0 bridgehead atoms. The van der Waals surface area contributed by atoms with Crippen molar-refractivity contribution >= 4 is 11.8 Å². The van der Waals surface area contributed by atoms with Crippen LogP contribution < -0.4 is 5.32 Å². The first-order valence-electron chi connectivity index (χ1n) is 8.15. The molecule has 1 aromatic rings. The lowest BCUT2D eigenvalue weighted by Crippen LogP contribution is -2.50. The van der Waals surface area contributed by atoms with E-state index < -0.39 is 23.1 Å².